The van der Waals surface area contributed by atoms with Gasteiger partial charge in [-0.05, 0) is 74.9 Å². The predicted molar refractivity (Wildman–Crippen MR) is 107 cm³/mol. The zero-order valence-corrected chi connectivity index (χ0v) is 16.3. The van der Waals surface area contributed by atoms with Crippen LogP contribution in [0.5, 0.6) is 0 Å². The number of carbonyl (C=O) groups is 2. The molecule has 1 saturated heterocycles. The zero-order valence-electron chi connectivity index (χ0n) is 16.3. The summed E-state index contributed by atoms with van der Waals surface area (Å²) in [5.74, 6) is -0.315. The fourth-order valence-corrected chi connectivity index (χ4v) is 3.79. The van der Waals surface area contributed by atoms with Gasteiger partial charge in [0.25, 0.3) is 11.8 Å². The van der Waals surface area contributed by atoms with Gasteiger partial charge in [-0.2, -0.15) is 0 Å². The maximum Gasteiger partial charge on any atom is 0.274 e. The average molecular weight is 365 g/mol. The Bertz CT molecular complexity index is 827. The lowest BCUT2D eigenvalue weighted by atomic mass is 9.99. The molecule has 1 aliphatic heterocycles. The van der Waals surface area contributed by atoms with Crippen LogP contribution >= 0.6 is 0 Å². The monoisotopic (exact) mass is 365 g/mol. The van der Waals surface area contributed by atoms with Crippen molar-refractivity contribution in [2.75, 3.05) is 11.9 Å². The van der Waals surface area contributed by atoms with E-state index in [1.807, 2.05) is 30.9 Å². The normalized spacial score (nSPS) is 16.9. The number of rotatable bonds is 4. The predicted octanol–water partition coefficient (Wildman–Crippen LogP) is 4.36. The molecule has 0 spiro atoms. The Labute approximate surface area is 160 Å². The number of aryl methyl sites for hydroxylation is 2. The van der Waals surface area contributed by atoms with Gasteiger partial charge in [-0.3, -0.25) is 14.6 Å². The molecule has 2 aromatic rings. The Balaban J connectivity index is 1.78. The number of nitrogens with one attached hydrogen (secondary N) is 1. The summed E-state index contributed by atoms with van der Waals surface area (Å²) < 4.78 is 0. The summed E-state index contributed by atoms with van der Waals surface area (Å²) in [5, 5.41) is 2.88. The van der Waals surface area contributed by atoms with Gasteiger partial charge in [-0.25, -0.2) is 0 Å². The van der Waals surface area contributed by atoms with Gasteiger partial charge in [-0.15, -0.1) is 0 Å². The molecule has 0 aliphatic carbocycles. The van der Waals surface area contributed by atoms with Crippen LogP contribution in [0.3, 0.4) is 0 Å². The summed E-state index contributed by atoms with van der Waals surface area (Å²) in [5.41, 5.74) is 3.68. The Morgan fingerprint density at radius 2 is 1.89 bits per heavy atom. The fourth-order valence-electron chi connectivity index (χ4n) is 3.79. The summed E-state index contributed by atoms with van der Waals surface area (Å²) in [6, 6.07) is 9.46. The van der Waals surface area contributed by atoms with Crippen LogP contribution in [0.1, 0.15) is 64.6 Å². The number of amides is 2. The van der Waals surface area contributed by atoms with E-state index in [1.54, 1.807) is 12.1 Å². The first kappa shape index (κ1) is 19.1. The molecule has 27 heavy (non-hydrogen) atoms. The third kappa shape index (κ3) is 4.54. The molecule has 3 rings (SSSR count). The molecule has 0 bridgehead atoms. The molecule has 0 radical (unpaired) electrons. The van der Waals surface area contributed by atoms with Crippen molar-refractivity contribution >= 4 is 17.5 Å². The van der Waals surface area contributed by atoms with E-state index in [0.29, 0.717) is 5.56 Å². The number of carbonyl (C=O) groups excluding carboxylic acids is 2. The number of hydrogen-bond acceptors (Lipinski definition) is 3. The summed E-state index contributed by atoms with van der Waals surface area (Å²) in [6.45, 7) is 6.88. The van der Waals surface area contributed by atoms with Crippen LogP contribution < -0.4 is 5.32 Å². The zero-order chi connectivity index (χ0) is 19.4. The highest BCUT2D eigenvalue weighted by atomic mass is 16.2. The summed E-state index contributed by atoms with van der Waals surface area (Å²) in [6.07, 6.45) is 5.74. The van der Waals surface area contributed by atoms with Crippen molar-refractivity contribution in [2.45, 2.75) is 52.5 Å². The average Bonchev–Trinajstić information content (AvgIpc) is 2.66. The van der Waals surface area contributed by atoms with Crippen molar-refractivity contribution in [3.63, 3.8) is 0 Å². The van der Waals surface area contributed by atoms with Crippen molar-refractivity contribution in [2.24, 2.45) is 0 Å². The highest BCUT2D eigenvalue weighted by molar-refractivity contribution is 6.04. The molecule has 1 atom stereocenters. The fraction of sp³-hybridized carbons (Fsp3) is 0.409. The minimum atomic E-state index is -0.305. The van der Waals surface area contributed by atoms with E-state index in [0.717, 1.165) is 42.6 Å². The smallest absolute Gasteiger partial charge is 0.274 e. The molecule has 1 aromatic carbocycles. The van der Waals surface area contributed by atoms with Crippen molar-refractivity contribution < 1.29 is 9.59 Å². The highest BCUT2D eigenvalue weighted by Gasteiger charge is 2.26. The standard InChI is InChI=1S/C22H27N3O2/c1-4-19-7-5-6-10-25(19)22(27)17-8-9-23-20(14-17)21(26)24-18-12-15(2)11-16(3)13-18/h8-9,11-14,19H,4-7,10H2,1-3H3,(H,24,26). The Morgan fingerprint density at radius 3 is 2.59 bits per heavy atom. The highest BCUT2D eigenvalue weighted by Crippen LogP contribution is 2.22. The van der Waals surface area contributed by atoms with Crippen LogP contribution in [0, 0.1) is 13.8 Å². The lowest BCUT2D eigenvalue weighted by Gasteiger charge is -2.35. The van der Waals surface area contributed by atoms with Gasteiger partial charge in [0.1, 0.15) is 5.69 Å². The van der Waals surface area contributed by atoms with Crippen LogP contribution in [0.2, 0.25) is 0 Å². The van der Waals surface area contributed by atoms with E-state index in [2.05, 4.69) is 23.3 Å². The lowest BCUT2D eigenvalue weighted by molar-refractivity contribution is 0.0608. The second-order valence-corrected chi connectivity index (χ2v) is 7.32. The van der Waals surface area contributed by atoms with Gasteiger partial charge in [0.2, 0.25) is 0 Å². The van der Waals surface area contributed by atoms with Crippen LogP contribution in [0.25, 0.3) is 0 Å². The minimum Gasteiger partial charge on any atom is -0.336 e. The molecule has 5 heteroatoms. The van der Waals surface area contributed by atoms with Crippen LogP contribution in [0.15, 0.2) is 36.5 Å². The van der Waals surface area contributed by atoms with Gasteiger partial charge in [0.15, 0.2) is 0 Å². The molecule has 2 amide bonds. The molecule has 1 aromatic heterocycles. The molecule has 1 aliphatic rings. The lowest BCUT2D eigenvalue weighted by Crippen LogP contribution is -2.43. The quantitative estimate of drug-likeness (QED) is 0.876. The first-order valence-electron chi connectivity index (χ1n) is 9.64. The maximum atomic E-state index is 13.0. The van der Waals surface area contributed by atoms with E-state index in [4.69, 9.17) is 0 Å². The van der Waals surface area contributed by atoms with Crippen molar-refractivity contribution in [3.05, 3.63) is 58.9 Å². The number of anilines is 1. The first-order valence-corrected chi connectivity index (χ1v) is 9.64. The minimum absolute atomic E-state index is 0.00981. The molecule has 2 heterocycles. The number of hydrogen-bond donors (Lipinski definition) is 1. The summed E-state index contributed by atoms with van der Waals surface area (Å²) in [4.78, 5) is 31.7. The van der Waals surface area contributed by atoms with Crippen LogP contribution in [0.4, 0.5) is 5.69 Å². The van der Waals surface area contributed by atoms with Gasteiger partial charge in [0, 0.05) is 30.0 Å². The number of nitrogens with zero attached hydrogens (tertiary/aromatic N) is 2. The van der Waals surface area contributed by atoms with E-state index < -0.39 is 0 Å². The Morgan fingerprint density at radius 1 is 1.15 bits per heavy atom. The molecule has 142 valence electrons. The van der Waals surface area contributed by atoms with E-state index in [-0.39, 0.29) is 23.6 Å². The third-order valence-corrected chi connectivity index (χ3v) is 5.08. The van der Waals surface area contributed by atoms with E-state index in [1.165, 1.54) is 12.6 Å². The van der Waals surface area contributed by atoms with Gasteiger partial charge in [-0.1, -0.05) is 13.0 Å². The molecular formula is C22H27N3O2. The Hall–Kier alpha value is -2.69. The second kappa shape index (κ2) is 8.33. The number of likely N-dealkylation sites (tertiary alicyclic amines) is 1. The molecule has 0 saturated carbocycles. The molecule has 1 N–H and O–H groups in total. The molecule has 1 unspecified atom stereocenters. The van der Waals surface area contributed by atoms with E-state index >= 15 is 0 Å². The van der Waals surface area contributed by atoms with Gasteiger partial charge >= 0.3 is 0 Å². The van der Waals surface area contributed by atoms with Crippen LogP contribution in [-0.2, 0) is 0 Å². The van der Waals surface area contributed by atoms with Gasteiger partial charge in [0.05, 0.1) is 0 Å². The molecule has 1 fully saturated rings. The second-order valence-electron chi connectivity index (χ2n) is 7.32. The molecule has 5 nitrogen and oxygen atoms in total. The molecular weight excluding hydrogens is 338 g/mol. The SMILES string of the molecule is CCC1CCCCN1C(=O)c1ccnc(C(=O)Nc2cc(C)cc(C)c2)c1. The summed E-state index contributed by atoms with van der Waals surface area (Å²) in [7, 11) is 0. The third-order valence-electron chi connectivity index (χ3n) is 5.08. The number of aromatic nitrogens is 1. The number of benzene rings is 1. The largest absolute Gasteiger partial charge is 0.336 e. The van der Waals surface area contributed by atoms with Crippen molar-refractivity contribution in [1.82, 2.24) is 9.88 Å². The van der Waals surface area contributed by atoms with Crippen molar-refractivity contribution in [1.29, 1.82) is 0 Å². The van der Waals surface area contributed by atoms with E-state index in [9.17, 15) is 9.59 Å². The first-order chi connectivity index (χ1) is 13.0. The topological polar surface area (TPSA) is 62.3 Å². The van der Waals surface area contributed by atoms with Crippen LogP contribution in [-0.4, -0.2) is 34.3 Å². The Kier molecular flexibility index (Phi) is 5.89. The number of piperidine rings is 1. The number of pyridine rings is 1. The van der Waals surface area contributed by atoms with Gasteiger partial charge < -0.3 is 10.2 Å². The van der Waals surface area contributed by atoms with Crippen molar-refractivity contribution in [3.8, 4) is 0 Å². The maximum absolute atomic E-state index is 13.0. The summed E-state index contributed by atoms with van der Waals surface area (Å²) >= 11 is 0.